The van der Waals surface area contributed by atoms with E-state index in [4.69, 9.17) is 0 Å². The highest BCUT2D eigenvalue weighted by Crippen LogP contribution is 2.31. The maximum Gasteiger partial charge on any atom is 0.264 e. The zero-order valence-electron chi connectivity index (χ0n) is 19.2. The predicted octanol–water partition coefficient (Wildman–Crippen LogP) is 5.96. The Morgan fingerprint density at radius 1 is 0.829 bits per heavy atom. The highest BCUT2D eigenvalue weighted by atomic mass is 127. The maximum atomic E-state index is 13.8. The third-order valence-electron chi connectivity index (χ3n) is 6.18. The van der Waals surface area contributed by atoms with Gasteiger partial charge < -0.3 is 9.67 Å². The van der Waals surface area contributed by atoms with Gasteiger partial charge in [-0.3, -0.25) is 4.31 Å². The van der Waals surface area contributed by atoms with Gasteiger partial charge in [-0.25, -0.2) is 8.42 Å². The first-order chi connectivity index (χ1) is 16.9. The second kappa shape index (κ2) is 9.64. The molecule has 1 N–H and O–H groups in total. The van der Waals surface area contributed by atoms with Crippen molar-refractivity contribution < 1.29 is 13.5 Å². The van der Waals surface area contributed by atoms with Crippen molar-refractivity contribution >= 4 is 60.1 Å². The van der Waals surface area contributed by atoms with Crippen molar-refractivity contribution in [3.8, 4) is 0 Å². The van der Waals surface area contributed by atoms with Gasteiger partial charge in [-0.1, -0.05) is 66.2 Å². The smallest absolute Gasteiger partial charge is 0.264 e. The number of sulfonamides is 1. The minimum Gasteiger partial charge on any atom is -0.389 e. The van der Waals surface area contributed by atoms with E-state index < -0.39 is 16.1 Å². The van der Waals surface area contributed by atoms with Gasteiger partial charge in [0.25, 0.3) is 10.0 Å². The van der Waals surface area contributed by atoms with Gasteiger partial charge in [-0.05, 0) is 65.9 Å². The summed E-state index contributed by atoms with van der Waals surface area (Å²) in [6, 6.07) is 30.3. The van der Waals surface area contributed by atoms with E-state index in [0.29, 0.717) is 5.69 Å². The molecule has 0 aliphatic rings. The van der Waals surface area contributed by atoms with Crippen molar-refractivity contribution in [1.82, 2.24) is 4.57 Å². The Kier molecular flexibility index (Phi) is 6.57. The summed E-state index contributed by atoms with van der Waals surface area (Å²) in [5.41, 5.74) is 3.55. The average Bonchev–Trinajstić information content (AvgIpc) is 3.17. The molecule has 7 heteroatoms. The van der Waals surface area contributed by atoms with Gasteiger partial charge in [-0.2, -0.15) is 0 Å². The molecule has 0 spiro atoms. The number of fused-ring (bicyclic) bond motifs is 3. The van der Waals surface area contributed by atoms with Crippen LogP contribution >= 0.6 is 22.6 Å². The molecule has 0 fully saturated rings. The number of anilines is 1. The fourth-order valence-electron chi connectivity index (χ4n) is 4.48. The van der Waals surface area contributed by atoms with Crippen LogP contribution in [0.1, 0.15) is 5.56 Å². The van der Waals surface area contributed by atoms with E-state index in [1.165, 1.54) is 4.31 Å². The Hall–Kier alpha value is -2.88. The number of halogens is 1. The number of para-hydroxylation sites is 3. The van der Waals surface area contributed by atoms with E-state index >= 15 is 0 Å². The summed E-state index contributed by atoms with van der Waals surface area (Å²) in [7, 11) is -3.89. The lowest BCUT2D eigenvalue weighted by atomic mass is 10.2. The number of hydrogen-bond acceptors (Lipinski definition) is 3. The molecule has 1 heterocycles. The van der Waals surface area contributed by atoms with Crippen LogP contribution in [0.5, 0.6) is 0 Å². The molecule has 4 aromatic carbocycles. The molecule has 0 aliphatic carbocycles. The van der Waals surface area contributed by atoms with E-state index in [9.17, 15) is 13.5 Å². The summed E-state index contributed by atoms with van der Waals surface area (Å²) in [6.45, 7) is 2.11. The zero-order valence-corrected chi connectivity index (χ0v) is 22.1. The van der Waals surface area contributed by atoms with Crippen molar-refractivity contribution in [3.63, 3.8) is 0 Å². The van der Waals surface area contributed by atoms with Gasteiger partial charge in [0.05, 0.1) is 29.8 Å². The standard InChI is InChI=1S/C28H25IN2O3S/c1-20-14-16-22(17-15-20)35(33,34)31(28-13-7-4-10-25(28)29)19-21(32)18-30-26-11-5-2-8-23(26)24-9-3-6-12-27(24)30/h2-17,21,32H,18-19H2,1H3/t21-/m1/s1. The molecule has 0 aliphatic heterocycles. The van der Waals surface area contributed by atoms with E-state index in [2.05, 4.69) is 39.3 Å². The van der Waals surface area contributed by atoms with E-state index in [0.717, 1.165) is 30.9 Å². The van der Waals surface area contributed by atoms with Crippen molar-refractivity contribution in [2.24, 2.45) is 0 Å². The van der Waals surface area contributed by atoms with Crippen LogP contribution in [0.25, 0.3) is 21.8 Å². The van der Waals surface area contributed by atoms with Crippen LogP contribution in [-0.2, 0) is 16.6 Å². The van der Waals surface area contributed by atoms with Gasteiger partial charge in [0.1, 0.15) is 0 Å². The fraction of sp³-hybridized carbons (Fsp3) is 0.143. The topological polar surface area (TPSA) is 62.5 Å². The molecule has 0 unspecified atom stereocenters. The molecule has 1 aromatic heterocycles. The lowest BCUT2D eigenvalue weighted by Gasteiger charge is -2.28. The van der Waals surface area contributed by atoms with Gasteiger partial charge in [-0.15, -0.1) is 0 Å². The fourth-order valence-corrected chi connectivity index (χ4v) is 6.84. The molecule has 5 nitrogen and oxygen atoms in total. The van der Waals surface area contributed by atoms with E-state index in [1.54, 1.807) is 30.3 Å². The van der Waals surface area contributed by atoms with E-state index in [-0.39, 0.29) is 18.0 Å². The molecular weight excluding hydrogens is 571 g/mol. The first-order valence-corrected chi connectivity index (χ1v) is 13.9. The van der Waals surface area contributed by atoms with Crippen molar-refractivity contribution in [2.75, 3.05) is 10.8 Å². The number of rotatable bonds is 7. The second-order valence-electron chi connectivity index (χ2n) is 8.60. The molecule has 0 amide bonds. The van der Waals surface area contributed by atoms with Crippen LogP contribution in [0.2, 0.25) is 0 Å². The van der Waals surface area contributed by atoms with E-state index in [1.807, 2.05) is 61.5 Å². The molecular formula is C28H25IN2O3S. The molecule has 178 valence electrons. The summed E-state index contributed by atoms with van der Waals surface area (Å²) in [5, 5.41) is 13.5. The predicted molar refractivity (Wildman–Crippen MR) is 150 cm³/mol. The number of aliphatic hydroxyl groups is 1. The highest BCUT2D eigenvalue weighted by molar-refractivity contribution is 14.1. The third-order valence-corrected chi connectivity index (χ3v) is 8.89. The Morgan fingerprint density at radius 3 is 1.97 bits per heavy atom. The summed E-state index contributed by atoms with van der Waals surface area (Å²) in [6.07, 6.45) is -0.939. The summed E-state index contributed by atoms with van der Waals surface area (Å²) >= 11 is 2.14. The van der Waals surface area contributed by atoms with Crippen LogP contribution in [0.3, 0.4) is 0 Å². The number of aliphatic hydroxyl groups excluding tert-OH is 1. The summed E-state index contributed by atoms with van der Waals surface area (Å²) in [4.78, 5) is 0.201. The SMILES string of the molecule is Cc1ccc(S(=O)(=O)N(C[C@H](O)Cn2c3ccccc3c3ccccc32)c2ccccc2I)cc1. The lowest BCUT2D eigenvalue weighted by Crippen LogP contribution is -2.39. The average molecular weight is 596 g/mol. The third kappa shape index (κ3) is 4.55. The Labute approximate surface area is 218 Å². The van der Waals surface area contributed by atoms with Crippen molar-refractivity contribution in [2.45, 2.75) is 24.5 Å². The molecule has 35 heavy (non-hydrogen) atoms. The van der Waals surface area contributed by atoms with Crippen LogP contribution in [0.15, 0.2) is 102 Å². The minimum absolute atomic E-state index is 0.0724. The molecule has 5 rings (SSSR count). The monoisotopic (exact) mass is 596 g/mol. The molecule has 1 atom stereocenters. The van der Waals surface area contributed by atoms with Crippen molar-refractivity contribution in [3.05, 3.63) is 106 Å². The lowest BCUT2D eigenvalue weighted by molar-refractivity contribution is 0.166. The van der Waals surface area contributed by atoms with Gasteiger partial charge in [0.2, 0.25) is 0 Å². The van der Waals surface area contributed by atoms with Gasteiger partial charge in [0.15, 0.2) is 0 Å². The summed E-state index contributed by atoms with van der Waals surface area (Å²) in [5.74, 6) is 0. The highest BCUT2D eigenvalue weighted by Gasteiger charge is 2.29. The minimum atomic E-state index is -3.89. The number of aryl methyl sites for hydroxylation is 1. The van der Waals surface area contributed by atoms with Gasteiger partial charge >= 0.3 is 0 Å². The number of aromatic nitrogens is 1. The quantitative estimate of drug-likeness (QED) is 0.236. The van der Waals surface area contributed by atoms with Crippen LogP contribution < -0.4 is 4.31 Å². The van der Waals surface area contributed by atoms with Crippen LogP contribution in [-0.4, -0.2) is 30.7 Å². The van der Waals surface area contributed by atoms with Crippen molar-refractivity contribution in [1.29, 1.82) is 0 Å². The molecule has 0 radical (unpaired) electrons. The number of benzene rings is 4. The Morgan fingerprint density at radius 2 is 1.37 bits per heavy atom. The first kappa shape index (κ1) is 23.8. The molecule has 0 bridgehead atoms. The number of hydrogen-bond donors (Lipinski definition) is 1. The second-order valence-corrected chi connectivity index (χ2v) is 11.6. The summed E-state index contributed by atoms with van der Waals surface area (Å²) < 4.78 is 31.7. The molecule has 5 aromatic rings. The van der Waals surface area contributed by atoms with Crippen LogP contribution in [0, 0.1) is 10.5 Å². The Balaban J connectivity index is 1.54. The Bertz CT molecular complexity index is 1560. The first-order valence-electron chi connectivity index (χ1n) is 11.3. The molecule has 0 saturated heterocycles. The normalized spacial score (nSPS) is 12.8. The van der Waals surface area contributed by atoms with Crippen LogP contribution in [0.4, 0.5) is 5.69 Å². The largest absolute Gasteiger partial charge is 0.389 e. The maximum absolute atomic E-state index is 13.8. The molecule has 0 saturated carbocycles. The van der Waals surface area contributed by atoms with Gasteiger partial charge in [0, 0.05) is 25.4 Å². The number of nitrogens with zero attached hydrogens (tertiary/aromatic N) is 2. The zero-order chi connectivity index (χ0) is 24.6.